The number of anilines is 2. The smallest absolute Gasteiger partial charge is 0.230 e. The average Bonchev–Trinajstić information content (AvgIpc) is 2.77. The van der Waals surface area contributed by atoms with Crippen molar-refractivity contribution < 1.29 is 9.59 Å². The Morgan fingerprint density at radius 1 is 0.737 bits per heavy atom. The van der Waals surface area contributed by atoms with Crippen molar-refractivity contribution in [1.29, 1.82) is 0 Å². The topological polar surface area (TPSA) is 74.0 Å². The molecule has 1 aromatic carbocycles. The number of aromatic nitrogens is 1. The van der Waals surface area contributed by atoms with Gasteiger partial charge in [-0.25, -0.2) is 0 Å². The average molecular weight is 255 g/mol. The number of benzene rings is 1. The number of amides is 2. The Balaban J connectivity index is 1.98. The Morgan fingerprint density at radius 3 is 1.68 bits per heavy atom. The molecule has 3 N–H and O–H groups in total. The highest BCUT2D eigenvalue weighted by atomic mass is 16.2. The van der Waals surface area contributed by atoms with Crippen molar-refractivity contribution in [3.8, 4) is 0 Å². The Morgan fingerprint density at radius 2 is 1.21 bits per heavy atom. The van der Waals surface area contributed by atoms with Crippen molar-refractivity contribution in [2.75, 3.05) is 10.6 Å². The summed E-state index contributed by atoms with van der Waals surface area (Å²) in [5, 5.41) is 5.61. The molecule has 0 fully saturated rings. The van der Waals surface area contributed by atoms with Gasteiger partial charge in [0.2, 0.25) is 11.8 Å². The van der Waals surface area contributed by atoms with Crippen molar-refractivity contribution in [1.82, 2.24) is 4.98 Å². The first-order chi connectivity index (χ1) is 9.20. The molecular formula is C14H13N3O2. The second kappa shape index (κ2) is 4.61. The molecule has 2 heterocycles. The number of carbonyl (C=O) groups excluding carboxylic acids is 2. The molecule has 5 nitrogen and oxygen atoms in total. The van der Waals surface area contributed by atoms with Crippen LogP contribution in [0.2, 0.25) is 0 Å². The number of nitrogens with one attached hydrogen (secondary N) is 3. The van der Waals surface area contributed by atoms with E-state index in [1.54, 1.807) is 12.1 Å². The lowest BCUT2D eigenvalue weighted by molar-refractivity contribution is -0.116. The van der Waals surface area contributed by atoms with Crippen LogP contribution in [0, 0.1) is 0 Å². The van der Waals surface area contributed by atoms with Gasteiger partial charge in [-0.2, -0.15) is 0 Å². The fraction of sp³-hybridized carbons (Fsp3) is 0.143. The van der Waals surface area contributed by atoms with E-state index in [-0.39, 0.29) is 24.7 Å². The maximum atomic E-state index is 11.9. The molecule has 1 aliphatic heterocycles. The zero-order chi connectivity index (χ0) is 13.2. The van der Waals surface area contributed by atoms with E-state index in [0.717, 1.165) is 11.4 Å². The molecule has 0 saturated carbocycles. The van der Waals surface area contributed by atoms with Gasteiger partial charge in [0.15, 0.2) is 0 Å². The second-order valence-corrected chi connectivity index (χ2v) is 4.50. The summed E-state index contributed by atoms with van der Waals surface area (Å²) in [7, 11) is 0. The van der Waals surface area contributed by atoms with Crippen LogP contribution in [0.25, 0.3) is 0 Å². The lowest BCUT2D eigenvalue weighted by Gasteiger charge is -2.11. The Labute approximate surface area is 110 Å². The van der Waals surface area contributed by atoms with Gasteiger partial charge in [0, 0.05) is 11.4 Å². The Kier molecular flexibility index (Phi) is 2.79. The molecule has 2 amide bonds. The molecule has 2 aromatic rings. The van der Waals surface area contributed by atoms with E-state index in [9.17, 15) is 9.59 Å². The van der Waals surface area contributed by atoms with E-state index < -0.39 is 0 Å². The van der Waals surface area contributed by atoms with Crippen LogP contribution in [0.4, 0.5) is 11.4 Å². The number of aromatic amines is 1. The first-order valence-corrected chi connectivity index (χ1v) is 6.06. The minimum Gasteiger partial charge on any atom is -0.361 e. The molecule has 2 bridgehead atoms. The van der Waals surface area contributed by atoms with Crippen LogP contribution in [0.3, 0.4) is 0 Å². The zero-order valence-corrected chi connectivity index (χ0v) is 10.2. The SMILES string of the molecule is O=C1Cc2ccc([nH]2)CC(=O)Nc2ccccc2N1. The van der Waals surface area contributed by atoms with Crippen LogP contribution >= 0.6 is 0 Å². The van der Waals surface area contributed by atoms with Gasteiger partial charge in [0.25, 0.3) is 0 Å². The molecule has 19 heavy (non-hydrogen) atoms. The van der Waals surface area contributed by atoms with Crippen molar-refractivity contribution in [2.24, 2.45) is 0 Å². The maximum Gasteiger partial charge on any atom is 0.230 e. The van der Waals surface area contributed by atoms with Crippen LogP contribution in [0.15, 0.2) is 36.4 Å². The molecule has 1 aromatic heterocycles. The monoisotopic (exact) mass is 255 g/mol. The number of hydrogen-bond donors (Lipinski definition) is 3. The van der Waals surface area contributed by atoms with Crippen LogP contribution in [0.1, 0.15) is 11.4 Å². The van der Waals surface area contributed by atoms with Gasteiger partial charge in [-0.1, -0.05) is 12.1 Å². The number of para-hydroxylation sites is 2. The molecule has 0 aliphatic carbocycles. The lowest BCUT2D eigenvalue weighted by atomic mass is 10.2. The van der Waals surface area contributed by atoms with Crippen molar-refractivity contribution >= 4 is 23.2 Å². The van der Waals surface area contributed by atoms with E-state index in [0.29, 0.717) is 11.4 Å². The maximum absolute atomic E-state index is 11.9. The highest BCUT2D eigenvalue weighted by molar-refractivity contribution is 6.00. The number of hydrogen-bond acceptors (Lipinski definition) is 2. The van der Waals surface area contributed by atoms with E-state index >= 15 is 0 Å². The fourth-order valence-electron chi connectivity index (χ4n) is 2.13. The van der Waals surface area contributed by atoms with Gasteiger partial charge in [-0.05, 0) is 24.3 Å². The van der Waals surface area contributed by atoms with Crippen LogP contribution in [0.5, 0.6) is 0 Å². The summed E-state index contributed by atoms with van der Waals surface area (Å²) in [5.74, 6) is -0.228. The summed E-state index contributed by atoms with van der Waals surface area (Å²) in [6.45, 7) is 0. The Bertz CT molecular complexity index is 592. The first-order valence-electron chi connectivity index (χ1n) is 6.06. The highest BCUT2D eigenvalue weighted by Crippen LogP contribution is 2.22. The van der Waals surface area contributed by atoms with Crippen LogP contribution in [-0.2, 0) is 22.4 Å². The third-order valence-corrected chi connectivity index (χ3v) is 2.98. The number of H-pyrrole nitrogens is 1. The zero-order valence-electron chi connectivity index (χ0n) is 10.2. The van der Waals surface area contributed by atoms with Gasteiger partial charge in [0.05, 0.1) is 24.2 Å². The van der Waals surface area contributed by atoms with Gasteiger partial charge in [-0.3, -0.25) is 9.59 Å². The van der Waals surface area contributed by atoms with Crippen molar-refractivity contribution in [2.45, 2.75) is 12.8 Å². The molecule has 0 atom stereocenters. The van der Waals surface area contributed by atoms with E-state index in [4.69, 9.17) is 0 Å². The molecular weight excluding hydrogens is 242 g/mol. The summed E-state index contributed by atoms with van der Waals surface area (Å²) in [6, 6.07) is 10.8. The largest absolute Gasteiger partial charge is 0.361 e. The van der Waals surface area contributed by atoms with Gasteiger partial charge < -0.3 is 15.6 Å². The molecule has 0 radical (unpaired) electrons. The summed E-state index contributed by atoms with van der Waals surface area (Å²) in [4.78, 5) is 26.9. The standard InChI is InChI=1S/C14H13N3O2/c18-13-7-9-5-6-10(15-9)8-14(19)17-12-4-2-1-3-11(12)16-13/h1-6,15H,7-8H2,(H,16,18)(H,17,19). The van der Waals surface area contributed by atoms with Crippen LogP contribution < -0.4 is 10.6 Å². The normalized spacial score (nSPS) is 14.9. The summed E-state index contributed by atoms with van der Waals surface area (Å²) in [5.41, 5.74) is 2.85. The summed E-state index contributed by atoms with van der Waals surface area (Å²) >= 11 is 0. The van der Waals surface area contributed by atoms with Crippen molar-refractivity contribution in [3.63, 3.8) is 0 Å². The summed E-state index contributed by atoms with van der Waals surface area (Å²) < 4.78 is 0. The molecule has 0 unspecified atom stereocenters. The predicted octanol–water partition coefficient (Wildman–Crippen LogP) is 1.69. The number of carbonyl (C=O) groups is 2. The Hall–Kier alpha value is -2.56. The fourth-order valence-corrected chi connectivity index (χ4v) is 2.13. The number of rotatable bonds is 0. The minimum absolute atomic E-state index is 0.114. The van der Waals surface area contributed by atoms with Gasteiger partial charge in [-0.15, -0.1) is 0 Å². The molecule has 5 heteroatoms. The molecule has 1 aliphatic rings. The minimum atomic E-state index is -0.114. The third-order valence-electron chi connectivity index (χ3n) is 2.98. The third kappa shape index (κ3) is 2.49. The van der Waals surface area contributed by atoms with Gasteiger partial charge >= 0.3 is 0 Å². The quantitative estimate of drug-likeness (QED) is 0.670. The van der Waals surface area contributed by atoms with Gasteiger partial charge in [0.1, 0.15) is 0 Å². The molecule has 0 spiro atoms. The first kappa shape index (κ1) is 11.5. The molecule has 96 valence electrons. The van der Waals surface area contributed by atoms with E-state index in [1.807, 2.05) is 24.3 Å². The van der Waals surface area contributed by atoms with E-state index in [1.165, 1.54) is 0 Å². The van der Waals surface area contributed by atoms with E-state index in [2.05, 4.69) is 15.6 Å². The summed E-state index contributed by atoms with van der Waals surface area (Å²) in [6.07, 6.45) is 0.533. The second-order valence-electron chi connectivity index (χ2n) is 4.50. The lowest BCUT2D eigenvalue weighted by Crippen LogP contribution is -2.18. The number of fused-ring (bicyclic) bond motifs is 3. The van der Waals surface area contributed by atoms with Crippen LogP contribution in [-0.4, -0.2) is 16.8 Å². The molecule has 3 rings (SSSR count). The van der Waals surface area contributed by atoms with Crippen molar-refractivity contribution in [3.05, 3.63) is 47.8 Å². The highest BCUT2D eigenvalue weighted by Gasteiger charge is 2.14. The molecule has 0 saturated heterocycles. The predicted molar refractivity (Wildman–Crippen MR) is 71.9 cm³/mol.